The highest BCUT2D eigenvalue weighted by molar-refractivity contribution is 5.53. The van der Waals surface area contributed by atoms with Crippen molar-refractivity contribution in [3.8, 4) is 0 Å². The fraction of sp³-hybridized carbons (Fsp3) is 0.421. The molecule has 4 rings (SSSR count). The summed E-state index contributed by atoms with van der Waals surface area (Å²) in [5, 5.41) is 0. The fourth-order valence-corrected chi connectivity index (χ4v) is 3.85. The van der Waals surface area contributed by atoms with Crippen LogP contribution in [-0.2, 0) is 6.54 Å². The van der Waals surface area contributed by atoms with Gasteiger partial charge in [-0.05, 0) is 45.4 Å². The standard InChI is InChI=1S/C19H23N5O/c1-13-20-16(10-19(25)21-13)15-6-5-8-23(11-15)12-17-18-7-3-4-9-24(18)14(2)22-17/h3-4,7,9-10,15H,5-6,8,11-12H2,1-2H3,(H,20,21,25). The van der Waals surface area contributed by atoms with E-state index in [1.807, 2.05) is 19.9 Å². The molecule has 0 radical (unpaired) electrons. The van der Waals surface area contributed by atoms with E-state index in [0.29, 0.717) is 11.7 Å². The van der Waals surface area contributed by atoms with Crippen LogP contribution in [0.4, 0.5) is 0 Å². The van der Waals surface area contributed by atoms with Gasteiger partial charge in [0.25, 0.3) is 5.56 Å². The number of aromatic amines is 1. The van der Waals surface area contributed by atoms with E-state index in [0.717, 1.165) is 49.7 Å². The molecule has 0 aromatic carbocycles. The highest BCUT2D eigenvalue weighted by Crippen LogP contribution is 2.26. The van der Waals surface area contributed by atoms with Gasteiger partial charge in [0, 0.05) is 31.3 Å². The zero-order chi connectivity index (χ0) is 17.4. The molecule has 1 unspecified atom stereocenters. The number of nitrogens with zero attached hydrogens (tertiary/aromatic N) is 4. The van der Waals surface area contributed by atoms with Crippen molar-refractivity contribution in [2.75, 3.05) is 13.1 Å². The summed E-state index contributed by atoms with van der Waals surface area (Å²) >= 11 is 0. The average Bonchev–Trinajstić information content (AvgIpc) is 2.91. The first-order chi connectivity index (χ1) is 12.1. The van der Waals surface area contributed by atoms with Gasteiger partial charge in [0.05, 0.1) is 16.9 Å². The Hall–Kier alpha value is -2.47. The molecular formula is C19H23N5O. The maximum absolute atomic E-state index is 11.8. The van der Waals surface area contributed by atoms with Gasteiger partial charge in [-0.15, -0.1) is 0 Å². The summed E-state index contributed by atoms with van der Waals surface area (Å²) in [6.45, 7) is 6.69. The van der Waals surface area contributed by atoms with Crippen LogP contribution in [0.5, 0.6) is 0 Å². The number of likely N-dealkylation sites (tertiary alicyclic amines) is 1. The lowest BCUT2D eigenvalue weighted by Gasteiger charge is -2.32. The molecule has 0 bridgehead atoms. The SMILES string of the molecule is Cc1nc(C2CCCN(Cc3nc(C)n4ccccc34)C2)cc(=O)[nH]1. The number of rotatable bonds is 3. The van der Waals surface area contributed by atoms with Crippen LogP contribution in [0.25, 0.3) is 5.52 Å². The van der Waals surface area contributed by atoms with E-state index in [9.17, 15) is 4.79 Å². The van der Waals surface area contributed by atoms with Gasteiger partial charge < -0.3 is 9.38 Å². The van der Waals surface area contributed by atoms with Crippen molar-refractivity contribution in [1.82, 2.24) is 24.3 Å². The molecule has 25 heavy (non-hydrogen) atoms. The van der Waals surface area contributed by atoms with Crippen LogP contribution >= 0.6 is 0 Å². The molecular weight excluding hydrogens is 314 g/mol. The van der Waals surface area contributed by atoms with Crippen LogP contribution in [0, 0.1) is 13.8 Å². The van der Waals surface area contributed by atoms with Crippen LogP contribution in [0.15, 0.2) is 35.3 Å². The van der Waals surface area contributed by atoms with Gasteiger partial charge in [0.2, 0.25) is 0 Å². The van der Waals surface area contributed by atoms with Crippen LogP contribution in [0.2, 0.25) is 0 Å². The molecule has 0 saturated carbocycles. The zero-order valence-electron chi connectivity index (χ0n) is 14.7. The van der Waals surface area contributed by atoms with Gasteiger partial charge in [0.1, 0.15) is 11.6 Å². The van der Waals surface area contributed by atoms with Crippen molar-refractivity contribution in [2.24, 2.45) is 0 Å². The van der Waals surface area contributed by atoms with Crippen LogP contribution in [0.3, 0.4) is 0 Å². The number of piperidine rings is 1. The van der Waals surface area contributed by atoms with Crippen molar-refractivity contribution in [3.05, 3.63) is 63.9 Å². The summed E-state index contributed by atoms with van der Waals surface area (Å²) in [5.41, 5.74) is 3.15. The third-order valence-electron chi connectivity index (χ3n) is 4.98. The smallest absolute Gasteiger partial charge is 0.251 e. The average molecular weight is 337 g/mol. The molecule has 0 aliphatic carbocycles. The maximum Gasteiger partial charge on any atom is 0.251 e. The molecule has 3 aromatic rings. The molecule has 6 heteroatoms. The van der Waals surface area contributed by atoms with Crippen molar-refractivity contribution < 1.29 is 0 Å². The lowest BCUT2D eigenvalue weighted by atomic mass is 9.94. The lowest BCUT2D eigenvalue weighted by Crippen LogP contribution is -2.34. The van der Waals surface area contributed by atoms with Crippen LogP contribution in [0.1, 0.15) is 41.8 Å². The van der Waals surface area contributed by atoms with Crippen molar-refractivity contribution in [1.29, 1.82) is 0 Å². The minimum absolute atomic E-state index is 0.0599. The molecule has 1 atom stereocenters. The second-order valence-electron chi connectivity index (χ2n) is 6.89. The van der Waals surface area contributed by atoms with Crippen molar-refractivity contribution in [3.63, 3.8) is 0 Å². The van der Waals surface area contributed by atoms with Gasteiger partial charge in [-0.2, -0.15) is 0 Å². The Labute approximate surface area is 146 Å². The highest BCUT2D eigenvalue weighted by atomic mass is 16.1. The van der Waals surface area contributed by atoms with Gasteiger partial charge in [-0.3, -0.25) is 9.69 Å². The van der Waals surface area contributed by atoms with E-state index >= 15 is 0 Å². The van der Waals surface area contributed by atoms with Gasteiger partial charge in [-0.1, -0.05) is 6.07 Å². The molecule has 1 aliphatic heterocycles. The number of imidazole rings is 1. The topological polar surface area (TPSA) is 66.3 Å². The molecule has 0 amide bonds. The van der Waals surface area contributed by atoms with E-state index in [4.69, 9.17) is 4.98 Å². The first-order valence-electron chi connectivity index (χ1n) is 8.83. The summed E-state index contributed by atoms with van der Waals surface area (Å²) in [7, 11) is 0. The molecule has 130 valence electrons. The Bertz CT molecular complexity index is 958. The van der Waals surface area contributed by atoms with E-state index in [1.165, 1.54) is 5.52 Å². The first kappa shape index (κ1) is 16.0. The second-order valence-corrected chi connectivity index (χ2v) is 6.89. The third kappa shape index (κ3) is 3.22. The van der Waals surface area contributed by atoms with Crippen LogP contribution < -0.4 is 5.56 Å². The maximum atomic E-state index is 11.8. The van der Waals surface area contributed by atoms with E-state index in [2.05, 4.69) is 37.6 Å². The minimum atomic E-state index is -0.0599. The summed E-state index contributed by atoms with van der Waals surface area (Å²) in [6.07, 6.45) is 4.25. The lowest BCUT2D eigenvalue weighted by molar-refractivity contribution is 0.197. The Kier molecular flexibility index (Phi) is 4.13. The summed E-state index contributed by atoms with van der Waals surface area (Å²) in [6, 6.07) is 7.86. The molecule has 1 aliphatic rings. The minimum Gasteiger partial charge on any atom is -0.311 e. The zero-order valence-corrected chi connectivity index (χ0v) is 14.7. The number of aromatic nitrogens is 4. The summed E-state index contributed by atoms with van der Waals surface area (Å²) in [4.78, 5) is 26.2. The number of H-pyrrole nitrogens is 1. The second kappa shape index (κ2) is 6.44. The monoisotopic (exact) mass is 337 g/mol. The number of fused-ring (bicyclic) bond motifs is 1. The van der Waals surface area contributed by atoms with Gasteiger partial charge >= 0.3 is 0 Å². The van der Waals surface area contributed by atoms with E-state index < -0.39 is 0 Å². The van der Waals surface area contributed by atoms with E-state index in [1.54, 1.807) is 6.07 Å². The van der Waals surface area contributed by atoms with Gasteiger partial charge in [-0.25, -0.2) is 9.97 Å². The number of nitrogens with one attached hydrogen (secondary N) is 1. The fourth-order valence-electron chi connectivity index (χ4n) is 3.85. The molecule has 1 N–H and O–H groups in total. The number of aryl methyl sites for hydroxylation is 2. The number of pyridine rings is 1. The first-order valence-corrected chi connectivity index (χ1v) is 8.83. The normalized spacial score (nSPS) is 18.7. The Morgan fingerprint density at radius 2 is 2.16 bits per heavy atom. The number of hydrogen-bond acceptors (Lipinski definition) is 4. The van der Waals surface area contributed by atoms with Crippen molar-refractivity contribution >= 4 is 5.52 Å². The van der Waals surface area contributed by atoms with Gasteiger partial charge in [0.15, 0.2) is 0 Å². The molecule has 6 nitrogen and oxygen atoms in total. The number of hydrogen-bond donors (Lipinski definition) is 1. The summed E-state index contributed by atoms with van der Waals surface area (Å²) in [5.74, 6) is 2.02. The summed E-state index contributed by atoms with van der Waals surface area (Å²) < 4.78 is 2.14. The largest absolute Gasteiger partial charge is 0.311 e. The van der Waals surface area contributed by atoms with E-state index in [-0.39, 0.29) is 5.56 Å². The third-order valence-corrected chi connectivity index (χ3v) is 4.98. The molecule has 0 spiro atoms. The molecule has 1 saturated heterocycles. The Morgan fingerprint density at radius 1 is 1.28 bits per heavy atom. The van der Waals surface area contributed by atoms with Crippen molar-refractivity contribution in [2.45, 2.75) is 39.2 Å². The quantitative estimate of drug-likeness (QED) is 0.797. The Balaban J connectivity index is 1.56. The highest BCUT2D eigenvalue weighted by Gasteiger charge is 2.24. The Morgan fingerprint density at radius 3 is 3.00 bits per heavy atom. The predicted octanol–water partition coefficient (Wildman–Crippen LogP) is 2.41. The van der Waals surface area contributed by atoms with Crippen LogP contribution in [-0.4, -0.2) is 37.3 Å². The molecule has 1 fully saturated rings. The molecule has 4 heterocycles. The molecule has 3 aromatic heterocycles. The predicted molar refractivity (Wildman–Crippen MR) is 96.8 cm³/mol.